The molecule has 1 atom stereocenters. The van der Waals surface area contributed by atoms with Gasteiger partial charge in [0, 0.05) is 11.9 Å². The van der Waals surface area contributed by atoms with Gasteiger partial charge in [0.05, 0.1) is 8.15 Å². The maximum atomic E-state index is 5.73. The molecule has 0 fully saturated rings. The molecule has 0 saturated carbocycles. The van der Waals surface area contributed by atoms with E-state index in [1.54, 1.807) is 0 Å². The molecule has 1 unspecified atom stereocenters. The zero-order valence-electron chi connectivity index (χ0n) is 8.36. The summed E-state index contributed by atoms with van der Waals surface area (Å²) in [5, 5.41) is 1.36. The second-order valence-corrected chi connectivity index (χ2v) is 4.83. The van der Waals surface area contributed by atoms with Crippen LogP contribution in [0.3, 0.4) is 0 Å². The third-order valence-electron chi connectivity index (χ3n) is 1.76. The van der Waals surface area contributed by atoms with E-state index in [9.17, 15) is 0 Å². The molecule has 0 aliphatic rings. The molecule has 1 aromatic carbocycles. The molecule has 0 aliphatic carbocycles. The number of rotatable bonds is 5. The van der Waals surface area contributed by atoms with E-state index in [4.69, 9.17) is 4.52 Å². The molecule has 0 radical (unpaired) electrons. The van der Waals surface area contributed by atoms with Crippen LogP contribution in [0.2, 0.25) is 0 Å². The van der Waals surface area contributed by atoms with Crippen LogP contribution in [0.1, 0.15) is 20.3 Å². The average Bonchev–Trinajstić information content (AvgIpc) is 2.19. The Morgan fingerprint density at radius 3 is 2.38 bits per heavy atom. The van der Waals surface area contributed by atoms with Gasteiger partial charge in [-0.2, -0.15) is 0 Å². The lowest BCUT2D eigenvalue weighted by Gasteiger charge is -2.15. The highest BCUT2D eigenvalue weighted by molar-refractivity contribution is 7.60. The minimum Gasteiger partial charge on any atom is -0.355 e. The Kier molecular flexibility index (Phi) is 5.03. The minimum atomic E-state index is -0.356. The highest BCUT2D eigenvalue weighted by Gasteiger charge is 2.08. The van der Waals surface area contributed by atoms with Crippen molar-refractivity contribution in [2.24, 2.45) is 0 Å². The van der Waals surface area contributed by atoms with E-state index in [1.165, 1.54) is 17.9 Å². The van der Waals surface area contributed by atoms with E-state index in [-0.39, 0.29) is 8.15 Å². The van der Waals surface area contributed by atoms with Gasteiger partial charge in [0.25, 0.3) is 0 Å². The van der Waals surface area contributed by atoms with Gasteiger partial charge in [-0.3, -0.25) is 0 Å². The molecule has 1 rings (SSSR count). The maximum absolute atomic E-state index is 5.73. The fourth-order valence-electron chi connectivity index (χ4n) is 1.22. The van der Waals surface area contributed by atoms with Crippen LogP contribution in [0.5, 0.6) is 0 Å². The van der Waals surface area contributed by atoms with Gasteiger partial charge in [-0.15, -0.1) is 0 Å². The zero-order valence-corrected chi connectivity index (χ0v) is 9.26. The molecule has 1 aromatic rings. The Hall–Kier alpha value is -0.390. The van der Waals surface area contributed by atoms with Gasteiger partial charge >= 0.3 is 0 Å². The van der Waals surface area contributed by atoms with Crippen molar-refractivity contribution in [2.45, 2.75) is 20.3 Å². The first-order valence-corrected chi connectivity index (χ1v) is 6.28. The maximum Gasteiger partial charge on any atom is 0.0603 e. The SMILES string of the molecule is CCCP(OCC)c1ccccc1. The predicted octanol–water partition coefficient (Wildman–Crippen LogP) is 3.16. The van der Waals surface area contributed by atoms with Gasteiger partial charge in [0.1, 0.15) is 0 Å². The second kappa shape index (κ2) is 6.12. The van der Waals surface area contributed by atoms with E-state index >= 15 is 0 Å². The normalized spacial score (nSPS) is 12.8. The average molecular weight is 196 g/mol. The Balaban J connectivity index is 2.64. The van der Waals surface area contributed by atoms with E-state index in [1.807, 2.05) is 0 Å². The van der Waals surface area contributed by atoms with Gasteiger partial charge in [-0.1, -0.05) is 37.3 Å². The van der Waals surface area contributed by atoms with Gasteiger partial charge < -0.3 is 4.52 Å². The van der Waals surface area contributed by atoms with E-state index < -0.39 is 0 Å². The van der Waals surface area contributed by atoms with Crippen molar-refractivity contribution in [1.29, 1.82) is 0 Å². The molecule has 72 valence electrons. The van der Waals surface area contributed by atoms with Crippen LogP contribution in [0.4, 0.5) is 0 Å². The molecule has 0 aromatic heterocycles. The molecular weight excluding hydrogens is 179 g/mol. The third kappa shape index (κ3) is 3.46. The summed E-state index contributed by atoms with van der Waals surface area (Å²) in [6.45, 7) is 5.09. The lowest BCUT2D eigenvalue weighted by Crippen LogP contribution is -2.05. The van der Waals surface area contributed by atoms with Crippen molar-refractivity contribution in [1.82, 2.24) is 0 Å². The van der Waals surface area contributed by atoms with Crippen LogP contribution in [0.15, 0.2) is 30.3 Å². The predicted molar refractivity (Wildman–Crippen MR) is 59.8 cm³/mol. The fraction of sp³-hybridized carbons (Fsp3) is 0.455. The first kappa shape index (κ1) is 10.7. The highest BCUT2D eigenvalue weighted by Crippen LogP contribution is 2.35. The third-order valence-corrected chi connectivity index (χ3v) is 4.05. The Bertz CT molecular complexity index is 217. The Labute approximate surface area is 82.0 Å². The molecule has 0 spiro atoms. The Morgan fingerprint density at radius 2 is 1.85 bits per heavy atom. The second-order valence-electron chi connectivity index (χ2n) is 2.86. The first-order valence-electron chi connectivity index (χ1n) is 4.84. The lowest BCUT2D eigenvalue weighted by molar-refractivity contribution is 0.382. The van der Waals surface area contributed by atoms with Crippen molar-refractivity contribution >= 4 is 13.5 Å². The van der Waals surface area contributed by atoms with Crippen LogP contribution in [0.25, 0.3) is 0 Å². The summed E-state index contributed by atoms with van der Waals surface area (Å²) in [6.07, 6.45) is 2.37. The van der Waals surface area contributed by atoms with Gasteiger partial charge in [0.2, 0.25) is 0 Å². The lowest BCUT2D eigenvalue weighted by atomic mass is 10.4. The standard InChI is InChI=1S/C11H17OP/c1-3-10-13(12-4-2)11-8-6-5-7-9-11/h5-9H,3-4,10H2,1-2H3. The number of hydrogen-bond donors (Lipinski definition) is 0. The molecule has 1 nitrogen and oxygen atoms in total. The first-order chi connectivity index (χ1) is 6.38. The summed E-state index contributed by atoms with van der Waals surface area (Å²) in [6, 6.07) is 10.5. The van der Waals surface area contributed by atoms with E-state index in [0.29, 0.717) is 0 Å². The van der Waals surface area contributed by atoms with Crippen molar-refractivity contribution < 1.29 is 4.52 Å². The minimum absolute atomic E-state index is 0.356. The highest BCUT2D eigenvalue weighted by atomic mass is 31.1. The monoisotopic (exact) mass is 196 g/mol. The molecule has 0 amide bonds. The molecule has 0 heterocycles. The zero-order chi connectivity index (χ0) is 9.52. The molecule has 0 saturated heterocycles. The smallest absolute Gasteiger partial charge is 0.0603 e. The van der Waals surface area contributed by atoms with Crippen molar-refractivity contribution in [2.75, 3.05) is 12.8 Å². The summed E-state index contributed by atoms with van der Waals surface area (Å²) >= 11 is 0. The van der Waals surface area contributed by atoms with Crippen LogP contribution in [-0.4, -0.2) is 12.8 Å². The summed E-state index contributed by atoms with van der Waals surface area (Å²) < 4.78 is 5.73. The van der Waals surface area contributed by atoms with Gasteiger partial charge in [-0.25, -0.2) is 0 Å². The van der Waals surface area contributed by atoms with Crippen LogP contribution >= 0.6 is 8.15 Å². The molecule has 0 bridgehead atoms. The van der Waals surface area contributed by atoms with Gasteiger partial charge in [-0.05, 0) is 19.5 Å². The number of hydrogen-bond acceptors (Lipinski definition) is 1. The van der Waals surface area contributed by atoms with Crippen LogP contribution in [-0.2, 0) is 4.52 Å². The van der Waals surface area contributed by atoms with E-state index in [2.05, 4.69) is 44.2 Å². The molecule has 0 aliphatic heterocycles. The van der Waals surface area contributed by atoms with Crippen molar-refractivity contribution in [3.8, 4) is 0 Å². The summed E-state index contributed by atoms with van der Waals surface area (Å²) in [7, 11) is -0.356. The molecule has 0 N–H and O–H groups in total. The number of benzene rings is 1. The Morgan fingerprint density at radius 1 is 1.15 bits per heavy atom. The quantitative estimate of drug-likeness (QED) is 0.657. The van der Waals surface area contributed by atoms with Crippen LogP contribution < -0.4 is 5.30 Å². The van der Waals surface area contributed by atoms with Crippen molar-refractivity contribution in [3.05, 3.63) is 30.3 Å². The summed E-state index contributed by atoms with van der Waals surface area (Å²) in [5.74, 6) is 0. The molecule has 13 heavy (non-hydrogen) atoms. The van der Waals surface area contributed by atoms with E-state index in [0.717, 1.165) is 6.61 Å². The van der Waals surface area contributed by atoms with Gasteiger partial charge in [0.15, 0.2) is 0 Å². The largest absolute Gasteiger partial charge is 0.355 e. The van der Waals surface area contributed by atoms with Crippen molar-refractivity contribution in [3.63, 3.8) is 0 Å². The fourth-order valence-corrected chi connectivity index (χ4v) is 2.98. The topological polar surface area (TPSA) is 9.23 Å². The molecular formula is C11H17OP. The summed E-state index contributed by atoms with van der Waals surface area (Å²) in [4.78, 5) is 0. The van der Waals surface area contributed by atoms with Crippen LogP contribution in [0, 0.1) is 0 Å². The summed E-state index contributed by atoms with van der Waals surface area (Å²) in [5.41, 5.74) is 0. The molecule has 2 heteroatoms.